The van der Waals surface area contributed by atoms with Crippen LogP contribution in [0.25, 0.3) is 16.8 Å². The number of aromatic nitrogens is 3. The highest BCUT2D eigenvalue weighted by Gasteiger charge is 2.33. The summed E-state index contributed by atoms with van der Waals surface area (Å²) < 4.78 is 5.70. The van der Waals surface area contributed by atoms with E-state index in [1.807, 2.05) is 62.8 Å². The fraction of sp³-hybridized carbons (Fsp3) is 0.259. The van der Waals surface area contributed by atoms with E-state index in [9.17, 15) is 9.59 Å². The molecule has 2 aromatic carbocycles. The van der Waals surface area contributed by atoms with E-state index < -0.39 is 5.91 Å². The third kappa shape index (κ3) is 3.01. The van der Waals surface area contributed by atoms with Crippen LogP contribution in [0.3, 0.4) is 0 Å². The van der Waals surface area contributed by atoms with Gasteiger partial charge in [0.05, 0.1) is 22.9 Å². The van der Waals surface area contributed by atoms with Crippen LogP contribution in [-0.4, -0.2) is 19.8 Å². The molecule has 0 fully saturated rings. The predicted molar refractivity (Wildman–Crippen MR) is 130 cm³/mol. The first-order valence-electron chi connectivity index (χ1n) is 11.3. The average Bonchev–Trinajstić information content (AvgIpc) is 3.39. The van der Waals surface area contributed by atoms with Crippen molar-refractivity contribution in [1.29, 1.82) is 0 Å². The maximum atomic E-state index is 13.8. The monoisotopic (exact) mass is 440 g/mol. The van der Waals surface area contributed by atoms with Crippen LogP contribution >= 0.6 is 0 Å². The van der Waals surface area contributed by atoms with Crippen molar-refractivity contribution in [2.45, 2.75) is 39.7 Å². The molecule has 0 spiro atoms. The molecular formula is C27H28N4O2. The molecule has 0 saturated heterocycles. The highest BCUT2D eigenvalue weighted by Crippen LogP contribution is 2.41. The molecule has 1 atom stereocenters. The Kier molecular flexibility index (Phi) is 4.89. The third-order valence-corrected chi connectivity index (χ3v) is 7.16. The lowest BCUT2D eigenvalue weighted by Gasteiger charge is -2.19. The second-order valence-corrected chi connectivity index (χ2v) is 8.84. The normalized spacial score (nSPS) is 15.1. The first-order valence-corrected chi connectivity index (χ1v) is 11.3. The molecule has 0 radical (unpaired) electrons. The van der Waals surface area contributed by atoms with E-state index in [1.165, 1.54) is 11.1 Å². The molecule has 5 rings (SSSR count). The molecule has 6 heteroatoms. The summed E-state index contributed by atoms with van der Waals surface area (Å²) in [5.74, 6) is -0.510. The highest BCUT2D eigenvalue weighted by atomic mass is 16.1. The van der Waals surface area contributed by atoms with Gasteiger partial charge in [0.2, 0.25) is 0 Å². The Bertz CT molecular complexity index is 1450. The van der Waals surface area contributed by atoms with Gasteiger partial charge in [-0.3, -0.25) is 14.3 Å². The Morgan fingerprint density at radius 1 is 0.909 bits per heavy atom. The lowest BCUT2D eigenvalue weighted by Crippen LogP contribution is -2.20. The molecule has 4 aromatic rings. The SMILES string of the molecule is Cc1c(C(N)=O)c(-c2c(C)n(C)n(-c3ccccc3)c2=O)c(C)n1C1CCc2ccccc21. The highest BCUT2D eigenvalue weighted by molar-refractivity contribution is 6.02. The summed E-state index contributed by atoms with van der Waals surface area (Å²) in [7, 11) is 1.86. The van der Waals surface area contributed by atoms with E-state index in [0.29, 0.717) is 16.7 Å². The molecule has 2 N–H and O–H groups in total. The summed E-state index contributed by atoms with van der Waals surface area (Å²) in [4.78, 5) is 26.5. The molecule has 1 aliphatic carbocycles. The number of carbonyl (C=O) groups is 1. The van der Waals surface area contributed by atoms with Crippen LogP contribution in [0.1, 0.15) is 51.0 Å². The topological polar surface area (TPSA) is 75.0 Å². The molecule has 1 aliphatic rings. The predicted octanol–water partition coefficient (Wildman–Crippen LogP) is 4.20. The number of rotatable bonds is 4. The van der Waals surface area contributed by atoms with Crippen molar-refractivity contribution in [3.8, 4) is 16.8 Å². The smallest absolute Gasteiger partial charge is 0.279 e. The molecular weight excluding hydrogens is 412 g/mol. The van der Waals surface area contributed by atoms with E-state index in [-0.39, 0.29) is 11.6 Å². The van der Waals surface area contributed by atoms with Gasteiger partial charge in [-0.05, 0) is 56.9 Å². The Balaban J connectivity index is 1.79. The van der Waals surface area contributed by atoms with Gasteiger partial charge in [0.15, 0.2) is 0 Å². The number of para-hydroxylation sites is 1. The fourth-order valence-electron chi connectivity index (χ4n) is 5.59. The van der Waals surface area contributed by atoms with Crippen molar-refractivity contribution in [3.05, 3.63) is 98.7 Å². The van der Waals surface area contributed by atoms with Crippen molar-refractivity contribution in [3.63, 3.8) is 0 Å². The van der Waals surface area contributed by atoms with Gasteiger partial charge in [0.1, 0.15) is 0 Å². The minimum atomic E-state index is -0.510. The quantitative estimate of drug-likeness (QED) is 0.516. The molecule has 0 bridgehead atoms. The number of hydrogen-bond donors (Lipinski definition) is 1. The number of carbonyl (C=O) groups excluding carboxylic acids is 1. The molecule has 1 unspecified atom stereocenters. The zero-order valence-electron chi connectivity index (χ0n) is 19.4. The van der Waals surface area contributed by atoms with Crippen LogP contribution in [0.2, 0.25) is 0 Å². The molecule has 1 amide bonds. The molecule has 6 nitrogen and oxygen atoms in total. The van der Waals surface area contributed by atoms with Gasteiger partial charge in [-0.15, -0.1) is 0 Å². The van der Waals surface area contributed by atoms with E-state index in [2.05, 4.69) is 28.8 Å². The number of amides is 1. The molecule has 0 aliphatic heterocycles. The van der Waals surface area contributed by atoms with Gasteiger partial charge in [-0.25, -0.2) is 4.68 Å². The van der Waals surface area contributed by atoms with Gasteiger partial charge in [0.25, 0.3) is 11.5 Å². The molecule has 2 heterocycles. The van der Waals surface area contributed by atoms with E-state index in [1.54, 1.807) is 4.68 Å². The zero-order valence-corrected chi connectivity index (χ0v) is 19.4. The first-order chi connectivity index (χ1) is 15.8. The number of aryl methyl sites for hydroxylation is 1. The van der Waals surface area contributed by atoms with E-state index in [0.717, 1.165) is 35.6 Å². The molecule has 168 valence electrons. The maximum absolute atomic E-state index is 13.8. The maximum Gasteiger partial charge on any atom is 0.279 e. The van der Waals surface area contributed by atoms with E-state index >= 15 is 0 Å². The molecule has 0 saturated carbocycles. The summed E-state index contributed by atoms with van der Waals surface area (Å²) in [6, 6.07) is 18.1. The van der Waals surface area contributed by atoms with Gasteiger partial charge >= 0.3 is 0 Å². The van der Waals surface area contributed by atoms with Gasteiger partial charge < -0.3 is 10.3 Å². The number of primary amides is 1. The number of nitrogens with zero attached hydrogens (tertiary/aromatic N) is 3. The molecule has 33 heavy (non-hydrogen) atoms. The van der Waals surface area contributed by atoms with Crippen LogP contribution in [-0.2, 0) is 13.5 Å². The standard InChI is InChI=1S/C27H28N4O2/c1-16-25(27(33)31(29(16)4)20-11-6-5-7-12-20)23-17(2)30(18(3)24(23)26(28)32)22-15-14-19-10-8-9-13-21(19)22/h5-13,22H,14-15H2,1-4H3,(H2,28,32). The van der Waals surface area contributed by atoms with Crippen molar-refractivity contribution in [2.24, 2.45) is 12.8 Å². The van der Waals surface area contributed by atoms with Gasteiger partial charge in [-0.1, -0.05) is 42.5 Å². The second kappa shape index (κ2) is 7.66. The minimum absolute atomic E-state index is 0.119. The first kappa shape index (κ1) is 21.1. The van der Waals surface area contributed by atoms with Crippen molar-refractivity contribution in [2.75, 3.05) is 0 Å². The van der Waals surface area contributed by atoms with E-state index in [4.69, 9.17) is 5.73 Å². The summed E-state index contributed by atoms with van der Waals surface area (Å²) in [6.07, 6.45) is 1.94. The average molecular weight is 441 g/mol. The lowest BCUT2D eigenvalue weighted by atomic mass is 10.0. The van der Waals surface area contributed by atoms with Crippen LogP contribution < -0.4 is 11.3 Å². The zero-order chi connectivity index (χ0) is 23.4. The largest absolute Gasteiger partial charge is 0.366 e. The second-order valence-electron chi connectivity index (χ2n) is 8.84. The summed E-state index contributed by atoms with van der Waals surface area (Å²) in [6.45, 7) is 5.85. The number of benzene rings is 2. The third-order valence-electron chi connectivity index (χ3n) is 7.16. The fourth-order valence-corrected chi connectivity index (χ4v) is 5.59. The van der Waals surface area contributed by atoms with Crippen LogP contribution in [0, 0.1) is 20.8 Å². The summed E-state index contributed by atoms with van der Waals surface area (Å²) >= 11 is 0. The van der Waals surface area contributed by atoms with Crippen molar-refractivity contribution in [1.82, 2.24) is 13.9 Å². The number of nitrogens with two attached hydrogens (primary N) is 1. The van der Waals surface area contributed by atoms with Crippen LogP contribution in [0.5, 0.6) is 0 Å². The number of fused-ring (bicyclic) bond motifs is 1. The van der Waals surface area contributed by atoms with Crippen molar-refractivity contribution >= 4 is 5.91 Å². The van der Waals surface area contributed by atoms with Gasteiger partial charge in [0, 0.05) is 29.7 Å². The Morgan fingerprint density at radius 2 is 1.58 bits per heavy atom. The van der Waals surface area contributed by atoms with Crippen LogP contribution in [0.4, 0.5) is 0 Å². The Hall–Kier alpha value is -3.80. The van der Waals surface area contributed by atoms with Crippen molar-refractivity contribution < 1.29 is 4.79 Å². The summed E-state index contributed by atoms with van der Waals surface area (Å²) in [5.41, 5.74) is 13.3. The summed E-state index contributed by atoms with van der Waals surface area (Å²) in [5, 5.41) is 0. The Morgan fingerprint density at radius 3 is 2.27 bits per heavy atom. The lowest BCUT2D eigenvalue weighted by molar-refractivity contribution is 0.1000. The Labute approximate surface area is 192 Å². The number of hydrogen-bond acceptors (Lipinski definition) is 2. The molecule has 2 aromatic heterocycles. The van der Waals surface area contributed by atoms with Gasteiger partial charge in [-0.2, -0.15) is 0 Å². The van der Waals surface area contributed by atoms with Crippen LogP contribution in [0.15, 0.2) is 59.4 Å². The minimum Gasteiger partial charge on any atom is -0.366 e.